The van der Waals surface area contributed by atoms with E-state index in [0.717, 1.165) is 22.9 Å². The van der Waals surface area contributed by atoms with Crippen molar-refractivity contribution in [2.75, 3.05) is 0 Å². The molecule has 0 aliphatic heterocycles. The monoisotopic (exact) mass is 264 g/mol. The van der Waals surface area contributed by atoms with Gasteiger partial charge < -0.3 is 5.11 Å². The largest absolute Gasteiger partial charge is 0.505 e. The molecule has 0 saturated carbocycles. The van der Waals surface area contributed by atoms with Crippen molar-refractivity contribution in [3.05, 3.63) is 52.2 Å². The van der Waals surface area contributed by atoms with Crippen LogP contribution in [0.3, 0.4) is 0 Å². The van der Waals surface area contributed by atoms with Crippen molar-refractivity contribution < 1.29 is 14.3 Å². The quantitative estimate of drug-likeness (QED) is 0.391. The number of nitrogens with zero attached hydrogens (tertiary/aromatic N) is 2. The molecular formula is C11H9FN4O3. The van der Waals surface area contributed by atoms with Crippen LogP contribution in [0.2, 0.25) is 0 Å². The van der Waals surface area contributed by atoms with Crippen LogP contribution in [0.25, 0.3) is 5.69 Å². The summed E-state index contributed by atoms with van der Waals surface area (Å²) in [4.78, 5) is 23.0. The highest BCUT2D eigenvalue weighted by atomic mass is 19.1. The Morgan fingerprint density at radius 1 is 1.37 bits per heavy atom. The fraction of sp³-hybridized carbons (Fsp3) is 0. The topological polar surface area (TPSA) is 110 Å². The van der Waals surface area contributed by atoms with Crippen LogP contribution in [0.4, 0.5) is 4.39 Å². The molecule has 0 radical (unpaired) electrons. The van der Waals surface area contributed by atoms with Gasteiger partial charge >= 0.3 is 0 Å². The first-order valence-electron chi connectivity index (χ1n) is 5.13. The van der Waals surface area contributed by atoms with Crippen LogP contribution < -0.4 is 16.8 Å². The Morgan fingerprint density at radius 3 is 2.58 bits per heavy atom. The Bertz CT molecular complexity index is 681. The van der Waals surface area contributed by atoms with Gasteiger partial charge in [0.05, 0.1) is 5.69 Å². The van der Waals surface area contributed by atoms with E-state index < -0.39 is 28.7 Å². The van der Waals surface area contributed by atoms with Crippen molar-refractivity contribution in [2.24, 2.45) is 5.84 Å². The van der Waals surface area contributed by atoms with Gasteiger partial charge in [-0.25, -0.2) is 10.2 Å². The zero-order valence-electron chi connectivity index (χ0n) is 9.50. The maximum absolute atomic E-state index is 12.8. The van der Waals surface area contributed by atoms with Crippen LogP contribution in [0.5, 0.6) is 5.75 Å². The average molecular weight is 264 g/mol. The predicted octanol–water partition coefficient (Wildman–Crippen LogP) is -0.319. The summed E-state index contributed by atoms with van der Waals surface area (Å²) in [7, 11) is 0. The van der Waals surface area contributed by atoms with Crippen molar-refractivity contribution in [3.63, 3.8) is 0 Å². The highest BCUT2D eigenvalue weighted by Gasteiger charge is 2.15. The lowest BCUT2D eigenvalue weighted by Gasteiger charge is -2.07. The molecule has 1 aromatic heterocycles. The molecule has 0 unspecified atom stereocenters. The van der Waals surface area contributed by atoms with E-state index in [0.29, 0.717) is 0 Å². The van der Waals surface area contributed by atoms with Crippen LogP contribution in [0, 0.1) is 5.82 Å². The highest BCUT2D eigenvalue weighted by Crippen LogP contribution is 2.12. The number of hydrogen-bond acceptors (Lipinski definition) is 5. The SMILES string of the molecule is NNC(=O)c1nn(-c2ccc(F)cc2)c(=O)cc1O. The summed E-state index contributed by atoms with van der Waals surface area (Å²) in [5.41, 5.74) is 0.961. The molecule has 2 rings (SSSR count). The van der Waals surface area contributed by atoms with Gasteiger partial charge in [0.2, 0.25) is 0 Å². The Hall–Kier alpha value is -2.74. The molecule has 0 aliphatic carbocycles. The third-order valence-corrected chi connectivity index (χ3v) is 2.33. The third-order valence-electron chi connectivity index (χ3n) is 2.33. The lowest BCUT2D eigenvalue weighted by Crippen LogP contribution is -2.33. The number of nitrogens with one attached hydrogen (secondary N) is 1. The van der Waals surface area contributed by atoms with E-state index in [1.54, 1.807) is 5.43 Å². The minimum Gasteiger partial charge on any atom is -0.505 e. The molecule has 0 bridgehead atoms. The molecule has 19 heavy (non-hydrogen) atoms. The van der Waals surface area contributed by atoms with Crippen LogP contribution in [-0.4, -0.2) is 20.8 Å². The molecule has 1 amide bonds. The Labute approximate surface area is 106 Å². The second kappa shape index (κ2) is 4.86. The van der Waals surface area contributed by atoms with Gasteiger partial charge in [0.25, 0.3) is 11.5 Å². The number of hydrazine groups is 1. The highest BCUT2D eigenvalue weighted by molar-refractivity contribution is 5.94. The minimum absolute atomic E-state index is 0.248. The molecule has 0 saturated heterocycles. The van der Waals surface area contributed by atoms with Crippen molar-refractivity contribution in [1.29, 1.82) is 0 Å². The fourth-order valence-electron chi connectivity index (χ4n) is 1.44. The van der Waals surface area contributed by atoms with Gasteiger partial charge in [0.15, 0.2) is 11.4 Å². The molecule has 2 aromatic rings. The number of amides is 1. The molecule has 1 aromatic carbocycles. The van der Waals surface area contributed by atoms with E-state index in [1.807, 2.05) is 0 Å². The lowest BCUT2D eigenvalue weighted by atomic mass is 10.3. The number of aromatic nitrogens is 2. The minimum atomic E-state index is -0.853. The normalized spacial score (nSPS) is 10.2. The number of benzene rings is 1. The second-order valence-corrected chi connectivity index (χ2v) is 3.58. The number of carbonyl (C=O) groups excluding carboxylic acids is 1. The van der Waals surface area contributed by atoms with E-state index >= 15 is 0 Å². The number of nitrogen functional groups attached to an aromatic ring is 1. The molecule has 7 nitrogen and oxygen atoms in total. The van der Waals surface area contributed by atoms with Gasteiger partial charge in [-0.15, -0.1) is 0 Å². The first kappa shape index (κ1) is 12.7. The van der Waals surface area contributed by atoms with Gasteiger partial charge in [-0.05, 0) is 24.3 Å². The van der Waals surface area contributed by atoms with E-state index in [9.17, 15) is 19.1 Å². The molecule has 98 valence electrons. The molecular weight excluding hydrogens is 255 g/mol. The summed E-state index contributed by atoms with van der Waals surface area (Å²) in [5, 5.41) is 13.1. The lowest BCUT2D eigenvalue weighted by molar-refractivity contribution is 0.0943. The predicted molar refractivity (Wildman–Crippen MR) is 63.1 cm³/mol. The maximum atomic E-state index is 12.8. The number of halogens is 1. The standard InChI is InChI=1S/C11H9FN4O3/c12-6-1-3-7(4-2-6)16-9(18)5-8(17)10(15-16)11(19)14-13/h1-5,17H,13H2,(H,14,19). The van der Waals surface area contributed by atoms with Gasteiger partial charge in [0.1, 0.15) is 5.82 Å². The third kappa shape index (κ3) is 2.43. The maximum Gasteiger partial charge on any atom is 0.289 e. The summed E-state index contributed by atoms with van der Waals surface area (Å²) in [5.74, 6) is 3.01. The van der Waals surface area contributed by atoms with E-state index in [1.165, 1.54) is 12.1 Å². The van der Waals surface area contributed by atoms with E-state index in [2.05, 4.69) is 5.10 Å². The van der Waals surface area contributed by atoms with E-state index in [-0.39, 0.29) is 5.69 Å². The molecule has 1 heterocycles. The second-order valence-electron chi connectivity index (χ2n) is 3.58. The van der Waals surface area contributed by atoms with Crippen LogP contribution >= 0.6 is 0 Å². The van der Waals surface area contributed by atoms with Crippen molar-refractivity contribution in [3.8, 4) is 11.4 Å². The first-order valence-corrected chi connectivity index (χ1v) is 5.13. The number of carbonyl (C=O) groups is 1. The summed E-state index contributed by atoms with van der Waals surface area (Å²) < 4.78 is 13.7. The van der Waals surface area contributed by atoms with Gasteiger partial charge in [-0.1, -0.05) is 0 Å². The smallest absolute Gasteiger partial charge is 0.289 e. The van der Waals surface area contributed by atoms with Crippen LogP contribution in [-0.2, 0) is 0 Å². The summed E-state index contributed by atoms with van der Waals surface area (Å²) in [6.45, 7) is 0. The van der Waals surface area contributed by atoms with Crippen molar-refractivity contribution >= 4 is 5.91 Å². The Morgan fingerprint density at radius 2 is 2.00 bits per heavy atom. The zero-order chi connectivity index (χ0) is 14.0. The molecule has 0 fully saturated rings. The van der Waals surface area contributed by atoms with E-state index in [4.69, 9.17) is 5.84 Å². The van der Waals surface area contributed by atoms with Gasteiger partial charge in [0, 0.05) is 6.07 Å². The number of nitrogens with two attached hydrogens (primary N) is 1. The molecule has 0 aliphatic rings. The van der Waals surface area contributed by atoms with Crippen molar-refractivity contribution in [1.82, 2.24) is 15.2 Å². The number of aromatic hydroxyl groups is 1. The van der Waals surface area contributed by atoms with Crippen molar-refractivity contribution in [2.45, 2.75) is 0 Å². The van der Waals surface area contributed by atoms with Gasteiger partial charge in [-0.3, -0.25) is 15.0 Å². The Balaban J connectivity index is 2.60. The van der Waals surface area contributed by atoms with Crippen LogP contribution in [0.1, 0.15) is 10.5 Å². The number of hydrogen-bond donors (Lipinski definition) is 3. The average Bonchev–Trinajstić information content (AvgIpc) is 2.39. The fourth-order valence-corrected chi connectivity index (χ4v) is 1.44. The zero-order valence-corrected chi connectivity index (χ0v) is 9.50. The van der Waals surface area contributed by atoms with Crippen LogP contribution in [0.15, 0.2) is 35.1 Å². The summed E-state index contributed by atoms with van der Waals surface area (Å²) in [6, 6.07) is 5.72. The molecule has 8 heteroatoms. The van der Waals surface area contributed by atoms with Gasteiger partial charge in [-0.2, -0.15) is 9.78 Å². The summed E-state index contributed by atoms with van der Waals surface area (Å²) >= 11 is 0. The molecule has 4 N–H and O–H groups in total. The molecule has 0 spiro atoms. The number of rotatable bonds is 2. The Kier molecular flexibility index (Phi) is 3.25. The summed E-state index contributed by atoms with van der Waals surface area (Å²) in [6.07, 6.45) is 0. The molecule has 0 atom stereocenters. The first-order chi connectivity index (χ1) is 9.02.